The van der Waals surface area contributed by atoms with Crippen molar-refractivity contribution in [2.24, 2.45) is 0 Å². The van der Waals surface area contributed by atoms with E-state index in [0.29, 0.717) is 8.81 Å². The fourth-order valence-electron chi connectivity index (χ4n) is 1.67. The molecule has 9 heteroatoms. The molecular weight excluding hydrogens is 412 g/mol. The van der Waals surface area contributed by atoms with E-state index in [-0.39, 0.29) is 21.4 Å². The summed E-state index contributed by atoms with van der Waals surface area (Å²) in [7, 11) is -0.604. The molecule has 0 bridgehead atoms. The van der Waals surface area contributed by atoms with Gasteiger partial charge in [0.15, 0.2) is 0 Å². The largest absolute Gasteiger partial charge is 0.345 e. The van der Waals surface area contributed by atoms with Gasteiger partial charge < -0.3 is 4.90 Å². The number of rotatable bonds is 4. The number of benzene rings is 1. The van der Waals surface area contributed by atoms with Crippen LogP contribution in [-0.2, 0) is 10.0 Å². The van der Waals surface area contributed by atoms with Crippen LogP contribution in [0.4, 0.5) is 5.69 Å². The lowest BCUT2D eigenvalue weighted by Gasteiger charge is -2.15. The lowest BCUT2D eigenvalue weighted by Crippen LogP contribution is -2.24. The van der Waals surface area contributed by atoms with Crippen molar-refractivity contribution in [1.29, 1.82) is 0 Å². The van der Waals surface area contributed by atoms with Crippen LogP contribution in [0, 0.1) is 0 Å². The minimum Gasteiger partial charge on any atom is -0.345 e. The zero-order valence-corrected chi connectivity index (χ0v) is 15.6. The van der Waals surface area contributed by atoms with Crippen molar-refractivity contribution in [2.45, 2.75) is 4.21 Å². The van der Waals surface area contributed by atoms with Crippen molar-refractivity contribution in [3.8, 4) is 0 Å². The van der Waals surface area contributed by atoms with E-state index >= 15 is 0 Å². The van der Waals surface area contributed by atoms with Gasteiger partial charge >= 0.3 is 0 Å². The SMILES string of the molecule is CN(C)C(=O)c1ccc(Cl)cc1NS(=O)(=O)c1ccc(Br)s1. The highest BCUT2D eigenvalue weighted by Gasteiger charge is 2.21. The highest BCUT2D eigenvalue weighted by molar-refractivity contribution is 9.11. The molecule has 1 aromatic heterocycles. The fourth-order valence-corrected chi connectivity index (χ4v) is 4.92. The average molecular weight is 424 g/mol. The summed E-state index contributed by atoms with van der Waals surface area (Å²) >= 11 is 10.2. The monoisotopic (exact) mass is 422 g/mol. The van der Waals surface area contributed by atoms with Gasteiger partial charge in [-0.3, -0.25) is 9.52 Å². The van der Waals surface area contributed by atoms with Crippen LogP contribution in [0.15, 0.2) is 38.3 Å². The van der Waals surface area contributed by atoms with Gasteiger partial charge in [-0.1, -0.05) is 11.6 Å². The van der Waals surface area contributed by atoms with Gasteiger partial charge in [0.2, 0.25) is 0 Å². The molecule has 5 nitrogen and oxygen atoms in total. The number of carbonyl (C=O) groups is 1. The molecule has 0 radical (unpaired) electrons. The Morgan fingerprint density at radius 3 is 2.50 bits per heavy atom. The quantitative estimate of drug-likeness (QED) is 0.816. The topological polar surface area (TPSA) is 66.5 Å². The average Bonchev–Trinajstić information content (AvgIpc) is 2.85. The van der Waals surface area contributed by atoms with E-state index in [9.17, 15) is 13.2 Å². The summed E-state index contributed by atoms with van der Waals surface area (Å²) in [5, 5.41) is 0.334. The zero-order valence-electron chi connectivity index (χ0n) is 11.6. The first-order valence-corrected chi connectivity index (χ1v) is 9.47. The Morgan fingerprint density at radius 1 is 1.27 bits per heavy atom. The van der Waals surface area contributed by atoms with Gasteiger partial charge in [0, 0.05) is 19.1 Å². The first kappa shape index (κ1) is 17.3. The number of hydrogen-bond donors (Lipinski definition) is 1. The van der Waals surface area contributed by atoms with Gasteiger partial charge in [-0.25, -0.2) is 8.42 Å². The number of sulfonamides is 1. The van der Waals surface area contributed by atoms with Crippen LogP contribution in [0.2, 0.25) is 5.02 Å². The van der Waals surface area contributed by atoms with Crippen LogP contribution < -0.4 is 4.72 Å². The number of anilines is 1. The summed E-state index contributed by atoms with van der Waals surface area (Å²) < 4.78 is 28.0. The van der Waals surface area contributed by atoms with E-state index in [1.165, 1.54) is 29.2 Å². The molecule has 0 atom stereocenters. The number of amides is 1. The molecule has 2 aromatic rings. The second-order valence-electron chi connectivity index (χ2n) is 4.55. The number of halogens is 2. The first-order valence-electron chi connectivity index (χ1n) is 6.00. The number of nitrogens with one attached hydrogen (secondary N) is 1. The standard InChI is InChI=1S/C13H12BrClN2O3S2/c1-17(2)13(18)9-4-3-8(15)7-10(9)16-22(19,20)12-6-5-11(14)21-12/h3-7,16H,1-2H3. The molecule has 1 amide bonds. The van der Waals surface area contributed by atoms with Gasteiger partial charge in [-0.15, -0.1) is 11.3 Å². The summed E-state index contributed by atoms with van der Waals surface area (Å²) in [5.41, 5.74) is 0.379. The van der Waals surface area contributed by atoms with Crippen LogP contribution in [0.1, 0.15) is 10.4 Å². The molecule has 0 aliphatic carbocycles. The fraction of sp³-hybridized carbons (Fsp3) is 0.154. The van der Waals surface area contributed by atoms with E-state index in [1.807, 2.05) is 0 Å². The van der Waals surface area contributed by atoms with Crippen LogP contribution in [0.25, 0.3) is 0 Å². The molecule has 2 rings (SSSR count). The Balaban J connectivity index is 2.44. The molecule has 1 aromatic carbocycles. The molecule has 0 unspecified atom stereocenters. The molecule has 0 saturated carbocycles. The zero-order chi connectivity index (χ0) is 16.5. The third-order valence-corrected chi connectivity index (χ3v) is 6.39. The van der Waals surface area contributed by atoms with Crippen molar-refractivity contribution in [2.75, 3.05) is 18.8 Å². The van der Waals surface area contributed by atoms with Crippen molar-refractivity contribution in [1.82, 2.24) is 4.90 Å². The van der Waals surface area contributed by atoms with Gasteiger partial charge in [-0.2, -0.15) is 0 Å². The highest BCUT2D eigenvalue weighted by atomic mass is 79.9. The van der Waals surface area contributed by atoms with E-state index in [2.05, 4.69) is 20.7 Å². The third-order valence-electron chi connectivity index (χ3n) is 2.68. The minimum absolute atomic E-state index is 0.141. The summed E-state index contributed by atoms with van der Waals surface area (Å²) in [4.78, 5) is 13.5. The van der Waals surface area contributed by atoms with Crippen LogP contribution >= 0.6 is 38.9 Å². The molecule has 118 valence electrons. The van der Waals surface area contributed by atoms with Crippen LogP contribution in [-0.4, -0.2) is 33.3 Å². The molecule has 22 heavy (non-hydrogen) atoms. The normalized spacial score (nSPS) is 11.3. The first-order chi connectivity index (χ1) is 10.2. The van der Waals surface area contributed by atoms with Crippen molar-refractivity contribution in [3.63, 3.8) is 0 Å². The maximum atomic E-state index is 12.4. The van der Waals surface area contributed by atoms with Crippen molar-refractivity contribution in [3.05, 3.63) is 44.7 Å². The molecule has 0 saturated heterocycles. The highest BCUT2D eigenvalue weighted by Crippen LogP contribution is 2.29. The third kappa shape index (κ3) is 3.81. The van der Waals surface area contributed by atoms with E-state index < -0.39 is 10.0 Å². The lowest BCUT2D eigenvalue weighted by molar-refractivity contribution is 0.0828. The minimum atomic E-state index is -3.78. The summed E-state index contributed by atoms with van der Waals surface area (Å²) in [6, 6.07) is 7.57. The van der Waals surface area contributed by atoms with Gasteiger partial charge in [0.05, 0.1) is 15.0 Å². The molecular formula is C13H12BrClN2O3S2. The summed E-state index contributed by atoms with van der Waals surface area (Å²) in [6.07, 6.45) is 0. The Bertz CT molecular complexity index is 818. The Labute approximate surface area is 146 Å². The number of nitrogens with zero attached hydrogens (tertiary/aromatic N) is 1. The molecule has 0 aliphatic rings. The van der Waals surface area contributed by atoms with Gasteiger partial charge in [-0.05, 0) is 46.3 Å². The Morgan fingerprint density at radius 2 is 1.95 bits per heavy atom. The number of carbonyl (C=O) groups excluding carboxylic acids is 1. The molecule has 1 heterocycles. The van der Waals surface area contributed by atoms with E-state index in [0.717, 1.165) is 11.3 Å². The van der Waals surface area contributed by atoms with Gasteiger partial charge in [0.1, 0.15) is 4.21 Å². The Hall–Kier alpha value is -1.09. The summed E-state index contributed by atoms with van der Waals surface area (Å²) in [6.45, 7) is 0. The molecule has 1 N–H and O–H groups in total. The Kier molecular flexibility index (Phi) is 5.16. The van der Waals surface area contributed by atoms with E-state index in [4.69, 9.17) is 11.6 Å². The maximum Gasteiger partial charge on any atom is 0.271 e. The second kappa shape index (κ2) is 6.57. The predicted molar refractivity (Wildman–Crippen MR) is 92.3 cm³/mol. The van der Waals surface area contributed by atoms with Crippen molar-refractivity contribution < 1.29 is 13.2 Å². The van der Waals surface area contributed by atoms with Crippen LogP contribution in [0.5, 0.6) is 0 Å². The molecule has 0 spiro atoms. The number of thiophene rings is 1. The maximum absolute atomic E-state index is 12.4. The summed E-state index contributed by atoms with van der Waals surface area (Å²) in [5.74, 6) is -0.318. The lowest BCUT2D eigenvalue weighted by atomic mass is 10.1. The second-order valence-corrected chi connectivity index (χ2v) is 9.36. The molecule has 0 aliphatic heterocycles. The van der Waals surface area contributed by atoms with Gasteiger partial charge in [0.25, 0.3) is 15.9 Å². The smallest absolute Gasteiger partial charge is 0.271 e. The van der Waals surface area contributed by atoms with Crippen molar-refractivity contribution >= 4 is 60.5 Å². The predicted octanol–water partition coefficient (Wildman–Crippen LogP) is 3.67. The van der Waals surface area contributed by atoms with E-state index in [1.54, 1.807) is 20.2 Å². The number of hydrogen-bond acceptors (Lipinski definition) is 4. The van der Waals surface area contributed by atoms with Crippen LogP contribution in [0.3, 0.4) is 0 Å². The molecule has 0 fully saturated rings.